The highest BCUT2D eigenvalue weighted by molar-refractivity contribution is 5.73. The Bertz CT molecular complexity index is 1080. The normalized spacial score (nSPS) is 15.1. The first-order valence-corrected chi connectivity index (χ1v) is 9.56. The number of aromatic nitrogens is 5. The van der Waals surface area contributed by atoms with Gasteiger partial charge in [0.1, 0.15) is 18.5 Å². The minimum atomic E-state index is -5.08. The Labute approximate surface area is 179 Å². The molecule has 5 rings (SSSR count). The number of benzene rings is 1. The first-order valence-electron chi connectivity index (χ1n) is 9.56. The Hall–Kier alpha value is -3.61. The summed E-state index contributed by atoms with van der Waals surface area (Å²) < 4.78 is 46.6. The fraction of sp³-hybridized carbons (Fsp3) is 0.368. The molecule has 0 amide bonds. The van der Waals surface area contributed by atoms with Crippen LogP contribution in [-0.2, 0) is 31.0 Å². The van der Waals surface area contributed by atoms with Crippen molar-refractivity contribution in [1.29, 1.82) is 0 Å². The number of carboxylic acids is 1. The van der Waals surface area contributed by atoms with Gasteiger partial charge in [-0.1, -0.05) is 6.07 Å². The van der Waals surface area contributed by atoms with Gasteiger partial charge in [-0.15, -0.1) is 0 Å². The van der Waals surface area contributed by atoms with Crippen LogP contribution in [0.4, 0.5) is 13.2 Å². The molecule has 0 saturated heterocycles. The van der Waals surface area contributed by atoms with Crippen LogP contribution in [0.25, 0.3) is 0 Å². The van der Waals surface area contributed by atoms with Crippen LogP contribution in [-0.4, -0.2) is 59.8 Å². The van der Waals surface area contributed by atoms with Gasteiger partial charge in [0.25, 0.3) is 0 Å². The topological polar surface area (TPSA) is 108 Å². The second-order valence-electron chi connectivity index (χ2n) is 7.14. The zero-order valence-electron chi connectivity index (χ0n) is 16.7. The minimum absolute atomic E-state index is 0.314. The van der Waals surface area contributed by atoms with E-state index < -0.39 is 12.1 Å². The molecule has 2 aliphatic rings. The number of carbonyl (C=O) groups is 1. The van der Waals surface area contributed by atoms with Crippen molar-refractivity contribution >= 4 is 5.97 Å². The molecule has 1 N–H and O–H groups in total. The summed E-state index contributed by atoms with van der Waals surface area (Å²) in [7, 11) is 0. The molecule has 2 aromatic heterocycles. The Morgan fingerprint density at radius 2 is 1.94 bits per heavy atom. The molecule has 32 heavy (non-hydrogen) atoms. The SMILES string of the molecule is O=C(O)C(F)(F)F.c1ncn(Cc2cn3c(n2)CN(Cc2ccc4c(c2)OCO4)CC3)n1. The number of aliphatic carboxylic acids is 1. The maximum atomic E-state index is 10.6. The third kappa shape index (κ3) is 5.17. The van der Waals surface area contributed by atoms with E-state index in [1.807, 2.05) is 6.07 Å². The van der Waals surface area contributed by atoms with Crippen molar-refractivity contribution in [2.45, 2.75) is 32.4 Å². The Morgan fingerprint density at radius 1 is 1.16 bits per heavy atom. The van der Waals surface area contributed by atoms with Gasteiger partial charge in [-0.3, -0.25) is 4.90 Å². The first kappa shape index (κ1) is 21.6. The molecule has 0 saturated carbocycles. The summed E-state index contributed by atoms with van der Waals surface area (Å²) in [4.78, 5) is 20.0. The van der Waals surface area contributed by atoms with E-state index in [0.29, 0.717) is 13.3 Å². The summed E-state index contributed by atoms with van der Waals surface area (Å²) >= 11 is 0. The lowest BCUT2D eigenvalue weighted by molar-refractivity contribution is -0.192. The molecule has 1 aromatic carbocycles. The molecule has 0 fully saturated rings. The summed E-state index contributed by atoms with van der Waals surface area (Å²) in [6.07, 6.45) is 0.294. The molecule has 0 atom stereocenters. The van der Waals surface area contributed by atoms with Crippen LogP contribution in [0.3, 0.4) is 0 Å². The van der Waals surface area contributed by atoms with Crippen molar-refractivity contribution in [3.63, 3.8) is 0 Å². The average molecular weight is 452 g/mol. The van der Waals surface area contributed by atoms with Crippen LogP contribution in [0.2, 0.25) is 0 Å². The van der Waals surface area contributed by atoms with Crippen molar-refractivity contribution in [3.05, 3.63) is 54.1 Å². The molecule has 0 spiro atoms. The molecular weight excluding hydrogens is 433 g/mol. The number of ether oxygens (including phenoxy) is 2. The van der Waals surface area contributed by atoms with E-state index in [1.165, 1.54) is 5.56 Å². The molecule has 3 aromatic rings. The van der Waals surface area contributed by atoms with E-state index in [-0.39, 0.29) is 0 Å². The smallest absolute Gasteiger partial charge is 0.475 e. The Kier molecular flexibility index (Phi) is 5.99. The van der Waals surface area contributed by atoms with E-state index in [4.69, 9.17) is 24.4 Å². The average Bonchev–Trinajstić information content (AvgIpc) is 3.47. The van der Waals surface area contributed by atoms with Crippen LogP contribution in [0.5, 0.6) is 11.5 Å². The third-order valence-corrected chi connectivity index (χ3v) is 4.81. The number of imidazole rings is 1. The Balaban J connectivity index is 0.000000307. The molecule has 2 aliphatic heterocycles. The van der Waals surface area contributed by atoms with E-state index in [2.05, 4.69) is 37.9 Å². The summed E-state index contributed by atoms with van der Waals surface area (Å²) in [5.74, 6) is 0.0106. The maximum absolute atomic E-state index is 10.6. The molecule has 0 radical (unpaired) electrons. The van der Waals surface area contributed by atoms with Crippen LogP contribution >= 0.6 is 0 Å². The number of fused-ring (bicyclic) bond motifs is 2. The van der Waals surface area contributed by atoms with Gasteiger partial charge in [-0.25, -0.2) is 19.4 Å². The molecular formula is C19H19F3N6O4. The Morgan fingerprint density at radius 3 is 2.66 bits per heavy atom. The number of alkyl halides is 3. The van der Waals surface area contributed by atoms with E-state index in [0.717, 1.165) is 49.2 Å². The lowest BCUT2D eigenvalue weighted by Crippen LogP contribution is -2.33. The number of nitrogens with zero attached hydrogens (tertiary/aromatic N) is 6. The lowest BCUT2D eigenvalue weighted by atomic mass is 10.2. The van der Waals surface area contributed by atoms with Crippen molar-refractivity contribution < 1.29 is 32.5 Å². The van der Waals surface area contributed by atoms with Gasteiger partial charge in [-0.2, -0.15) is 18.3 Å². The van der Waals surface area contributed by atoms with E-state index in [1.54, 1.807) is 17.3 Å². The molecule has 13 heteroatoms. The van der Waals surface area contributed by atoms with Crippen LogP contribution in [0, 0.1) is 0 Å². The van der Waals surface area contributed by atoms with Crippen LogP contribution in [0.1, 0.15) is 17.1 Å². The quantitative estimate of drug-likeness (QED) is 0.640. The summed E-state index contributed by atoms with van der Waals surface area (Å²) in [5, 5.41) is 11.3. The minimum Gasteiger partial charge on any atom is -0.475 e. The van der Waals surface area contributed by atoms with Crippen molar-refractivity contribution in [3.8, 4) is 11.5 Å². The summed E-state index contributed by atoms with van der Waals surface area (Å²) in [5.41, 5.74) is 2.25. The van der Waals surface area contributed by atoms with Gasteiger partial charge in [0.2, 0.25) is 6.79 Å². The molecule has 4 heterocycles. The fourth-order valence-electron chi connectivity index (χ4n) is 3.35. The van der Waals surface area contributed by atoms with Gasteiger partial charge in [0.15, 0.2) is 11.5 Å². The third-order valence-electron chi connectivity index (χ3n) is 4.81. The van der Waals surface area contributed by atoms with Gasteiger partial charge in [0.05, 0.1) is 18.8 Å². The monoisotopic (exact) mass is 452 g/mol. The van der Waals surface area contributed by atoms with Crippen LogP contribution in [0.15, 0.2) is 37.1 Å². The number of hydrogen-bond acceptors (Lipinski definition) is 7. The van der Waals surface area contributed by atoms with Gasteiger partial charge < -0.3 is 19.1 Å². The van der Waals surface area contributed by atoms with Gasteiger partial charge in [-0.05, 0) is 17.7 Å². The zero-order valence-corrected chi connectivity index (χ0v) is 16.7. The fourth-order valence-corrected chi connectivity index (χ4v) is 3.35. The molecule has 0 bridgehead atoms. The van der Waals surface area contributed by atoms with Gasteiger partial charge in [0, 0.05) is 25.8 Å². The summed E-state index contributed by atoms with van der Waals surface area (Å²) in [6.45, 7) is 4.63. The lowest BCUT2D eigenvalue weighted by Gasteiger charge is -2.27. The van der Waals surface area contributed by atoms with Crippen molar-refractivity contribution in [2.24, 2.45) is 0 Å². The predicted molar refractivity (Wildman–Crippen MR) is 102 cm³/mol. The highest BCUT2D eigenvalue weighted by atomic mass is 19.4. The highest BCUT2D eigenvalue weighted by Crippen LogP contribution is 2.33. The maximum Gasteiger partial charge on any atom is 0.490 e. The molecule has 0 unspecified atom stereocenters. The molecule has 0 aliphatic carbocycles. The second kappa shape index (κ2) is 8.86. The van der Waals surface area contributed by atoms with Crippen LogP contribution < -0.4 is 9.47 Å². The number of halogens is 3. The molecule has 10 nitrogen and oxygen atoms in total. The zero-order chi connectivity index (χ0) is 22.7. The largest absolute Gasteiger partial charge is 0.490 e. The number of hydrogen-bond donors (Lipinski definition) is 1. The van der Waals surface area contributed by atoms with Crippen molar-refractivity contribution in [2.75, 3.05) is 13.3 Å². The van der Waals surface area contributed by atoms with Crippen molar-refractivity contribution in [1.82, 2.24) is 29.2 Å². The standard InChI is InChI=1S/C17H18N6O2.C2HF3O2/c1-2-15-16(25-12-24-15)5-13(1)6-21-3-4-22-7-14(20-17(22)9-21)8-23-11-18-10-19-23;3-2(4,5)1(6)7/h1-2,5,7,10-11H,3-4,6,8-9,12H2;(H,6,7). The van der Waals surface area contributed by atoms with E-state index in [9.17, 15) is 13.2 Å². The predicted octanol–water partition coefficient (Wildman–Crippen LogP) is 1.90. The van der Waals surface area contributed by atoms with Gasteiger partial charge >= 0.3 is 12.1 Å². The summed E-state index contributed by atoms with van der Waals surface area (Å²) in [6, 6.07) is 6.16. The highest BCUT2D eigenvalue weighted by Gasteiger charge is 2.38. The molecule has 170 valence electrons. The number of carboxylic acid groups (broad SMARTS) is 1. The second-order valence-corrected chi connectivity index (χ2v) is 7.14. The number of rotatable bonds is 4. The van der Waals surface area contributed by atoms with E-state index >= 15 is 0 Å². The first-order chi connectivity index (χ1) is 15.3.